The number of aryl methyl sites for hydroxylation is 1. The maximum Gasteiger partial charge on any atom is 0.191 e. The van der Waals surface area contributed by atoms with Crippen LogP contribution in [0, 0.1) is 6.92 Å². The molecule has 1 atom stereocenters. The zero-order valence-electron chi connectivity index (χ0n) is 15.0. The van der Waals surface area contributed by atoms with E-state index in [4.69, 9.17) is 4.74 Å². The molecule has 0 radical (unpaired) electrons. The number of unbranched alkanes of at least 4 members (excludes halogenated alkanes) is 1. The van der Waals surface area contributed by atoms with Gasteiger partial charge in [0.2, 0.25) is 0 Å². The Balaban J connectivity index is 1.84. The fraction of sp³-hybridized carbons (Fsp3) is 0.812. The molecule has 1 unspecified atom stereocenters. The predicted molar refractivity (Wildman–Crippen MR) is 99.5 cm³/mol. The molecule has 7 nitrogen and oxygen atoms in total. The first-order chi connectivity index (χ1) is 11.7. The van der Waals surface area contributed by atoms with Crippen LogP contribution in [0.25, 0.3) is 0 Å². The van der Waals surface area contributed by atoms with E-state index in [9.17, 15) is 0 Å². The van der Waals surface area contributed by atoms with Crippen LogP contribution in [0.3, 0.4) is 0 Å². The average Bonchev–Trinajstić information content (AvgIpc) is 3.21. The highest BCUT2D eigenvalue weighted by molar-refractivity contribution is 7.98. The third kappa shape index (κ3) is 6.32. The molecule has 1 aliphatic heterocycles. The summed E-state index contributed by atoms with van der Waals surface area (Å²) in [5.41, 5.74) is 0. The smallest absolute Gasteiger partial charge is 0.191 e. The van der Waals surface area contributed by atoms with E-state index >= 15 is 0 Å². The zero-order chi connectivity index (χ0) is 17.2. The molecule has 0 amide bonds. The van der Waals surface area contributed by atoms with Gasteiger partial charge in [-0.3, -0.25) is 0 Å². The highest BCUT2D eigenvalue weighted by atomic mass is 32.2. The number of nitrogens with zero attached hydrogens (tertiary/aromatic N) is 4. The highest BCUT2D eigenvalue weighted by Crippen LogP contribution is 2.10. The summed E-state index contributed by atoms with van der Waals surface area (Å²) in [5.74, 6) is 3.80. The van der Waals surface area contributed by atoms with Crippen LogP contribution in [0.5, 0.6) is 0 Å². The molecule has 136 valence electrons. The second kappa shape index (κ2) is 10.6. The molecule has 2 rings (SSSR count). The minimum Gasteiger partial charge on any atom is -0.376 e. The largest absolute Gasteiger partial charge is 0.376 e. The van der Waals surface area contributed by atoms with Crippen molar-refractivity contribution in [3.63, 3.8) is 0 Å². The van der Waals surface area contributed by atoms with Crippen molar-refractivity contribution >= 4 is 17.7 Å². The quantitative estimate of drug-likeness (QED) is 0.397. The Morgan fingerprint density at radius 2 is 2.25 bits per heavy atom. The minimum atomic E-state index is 0.297. The van der Waals surface area contributed by atoms with Crippen molar-refractivity contribution in [2.75, 3.05) is 31.7 Å². The SMILES string of the molecule is CSCCCCNC(=NCc1nnc(C)n1C)NCC1CCCO1. The van der Waals surface area contributed by atoms with Gasteiger partial charge in [-0.15, -0.1) is 10.2 Å². The lowest BCUT2D eigenvalue weighted by Crippen LogP contribution is -2.41. The summed E-state index contributed by atoms with van der Waals surface area (Å²) in [6.45, 7) is 5.06. The maximum atomic E-state index is 5.67. The van der Waals surface area contributed by atoms with E-state index in [0.29, 0.717) is 12.6 Å². The lowest BCUT2D eigenvalue weighted by molar-refractivity contribution is 0.114. The molecule has 2 heterocycles. The number of aliphatic imine (C=N–C) groups is 1. The van der Waals surface area contributed by atoms with Crippen LogP contribution in [-0.2, 0) is 18.3 Å². The molecule has 0 bridgehead atoms. The molecule has 1 aromatic heterocycles. The van der Waals surface area contributed by atoms with Crippen LogP contribution in [0.4, 0.5) is 0 Å². The number of thioether (sulfide) groups is 1. The summed E-state index contributed by atoms with van der Waals surface area (Å²) in [6, 6.07) is 0. The topological polar surface area (TPSA) is 76.4 Å². The molecule has 2 N–H and O–H groups in total. The van der Waals surface area contributed by atoms with Crippen molar-refractivity contribution in [2.45, 2.75) is 45.3 Å². The standard InChI is InChI=1S/C16H30N6OS/c1-13-20-21-15(22(13)2)12-19-16(17-8-4-5-10-24-3)18-11-14-7-6-9-23-14/h14H,4-12H2,1-3H3,(H2,17,18,19). The number of hydrogen-bond donors (Lipinski definition) is 2. The number of rotatable bonds is 9. The van der Waals surface area contributed by atoms with Crippen LogP contribution in [-0.4, -0.2) is 58.5 Å². The minimum absolute atomic E-state index is 0.297. The van der Waals surface area contributed by atoms with Gasteiger partial charge in [-0.05, 0) is 44.6 Å². The van der Waals surface area contributed by atoms with Crippen LogP contribution in [0.15, 0.2) is 4.99 Å². The van der Waals surface area contributed by atoms with Gasteiger partial charge >= 0.3 is 0 Å². The average molecular weight is 355 g/mol. The van der Waals surface area contributed by atoms with Crippen LogP contribution < -0.4 is 10.6 Å². The van der Waals surface area contributed by atoms with E-state index in [1.54, 1.807) is 0 Å². The molecule has 24 heavy (non-hydrogen) atoms. The van der Waals surface area contributed by atoms with Crippen molar-refractivity contribution < 1.29 is 4.74 Å². The predicted octanol–water partition coefficient (Wildman–Crippen LogP) is 1.48. The molecule has 0 aliphatic carbocycles. The molecular formula is C16H30N6OS. The first kappa shape index (κ1) is 19.1. The molecule has 1 fully saturated rings. The monoisotopic (exact) mass is 354 g/mol. The second-order valence-corrected chi connectivity index (χ2v) is 7.02. The Hall–Kier alpha value is -1.28. The Morgan fingerprint density at radius 1 is 1.38 bits per heavy atom. The first-order valence-corrected chi connectivity index (χ1v) is 10.1. The van der Waals surface area contributed by atoms with E-state index in [2.05, 4.69) is 32.1 Å². The summed E-state index contributed by atoms with van der Waals surface area (Å²) < 4.78 is 7.64. The van der Waals surface area contributed by atoms with Gasteiger partial charge in [0, 0.05) is 26.7 Å². The van der Waals surface area contributed by atoms with Gasteiger partial charge in [-0.1, -0.05) is 0 Å². The zero-order valence-corrected chi connectivity index (χ0v) is 15.9. The molecule has 1 aliphatic rings. The number of nitrogens with one attached hydrogen (secondary N) is 2. The normalized spacial score (nSPS) is 18.1. The second-order valence-electron chi connectivity index (χ2n) is 6.03. The summed E-state index contributed by atoms with van der Waals surface area (Å²) in [7, 11) is 1.97. The highest BCUT2D eigenvalue weighted by Gasteiger charge is 2.15. The van der Waals surface area contributed by atoms with Gasteiger partial charge in [0.1, 0.15) is 12.4 Å². The number of hydrogen-bond acceptors (Lipinski definition) is 5. The van der Waals surface area contributed by atoms with Crippen molar-refractivity contribution in [3.8, 4) is 0 Å². The van der Waals surface area contributed by atoms with E-state index in [1.807, 2.05) is 30.3 Å². The van der Waals surface area contributed by atoms with Crippen molar-refractivity contribution in [3.05, 3.63) is 11.6 Å². The van der Waals surface area contributed by atoms with Crippen molar-refractivity contribution in [1.29, 1.82) is 0 Å². The summed E-state index contributed by atoms with van der Waals surface area (Å²) in [4.78, 5) is 4.66. The summed E-state index contributed by atoms with van der Waals surface area (Å²) in [5, 5.41) is 15.1. The van der Waals surface area contributed by atoms with Gasteiger partial charge in [0.15, 0.2) is 11.8 Å². The molecule has 8 heteroatoms. The van der Waals surface area contributed by atoms with Crippen LogP contribution >= 0.6 is 11.8 Å². The van der Waals surface area contributed by atoms with Gasteiger partial charge in [0.25, 0.3) is 0 Å². The van der Waals surface area contributed by atoms with Crippen LogP contribution in [0.1, 0.15) is 37.3 Å². The number of guanidine groups is 1. The van der Waals surface area contributed by atoms with Crippen LogP contribution in [0.2, 0.25) is 0 Å². The Labute approximate surface area is 149 Å². The third-order valence-electron chi connectivity index (χ3n) is 4.15. The number of aromatic nitrogens is 3. The lowest BCUT2D eigenvalue weighted by atomic mass is 10.2. The van der Waals surface area contributed by atoms with Gasteiger partial charge in [-0.2, -0.15) is 11.8 Å². The fourth-order valence-corrected chi connectivity index (χ4v) is 3.00. The maximum absolute atomic E-state index is 5.67. The summed E-state index contributed by atoms with van der Waals surface area (Å²) >= 11 is 1.89. The molecule has 0 spiro atoms. The van der Waals surface area contributed by atoms with Gasteiger partial charge in [-0.25, -0.2) is 4.99 Å². The fourth-order valence-electron chi connectivity index (χ4n) is 2.51. The molecule has 1 aromatic rings. The van der Waals surface area contributed by atoms with Gasteiger partial charge in [0.05, 0.1) is 6.10 Å². The Morgan fingerprint density at radius 3 is 2.92 bits per heavy atom. The summed E-state index contributed by atoms with van der Waals surface area (Å²) in [6.07, 6.45) is 7.08. The van der Waals surface area contributed by atoms with E-state index in [-0.39, 0.29) is 0 Å². The van der Waals surface area contributed by atoms with E-state index in [1.165, 1.54) is 12.2 Å². The lowest BCUT2D eigenvalue weighted by Gasteiger charge is -2.15. The van der Waals surface area contributed by atoms with E-state index < -0.39 is 0 Å². The first-order valence-electron chi connectivity index (χ1n) is 8.68. The van der Waals surface area contributed by atoms with Gasteiger partial charge < -0.3 is 19.9 Å². The Kier molecular flexibility index (Phi) is 8.38. The van der Waals surface area contributed by atoms with Crippen molar-refractivity contribution in [1.82, 2.24) is 25.4 Å². The molecular weight excluding hydrogens is 324 g/mol. The Bertz CT molecular complexity index is 513. The molecule has 0 saturated carbocycles. The third-order valence-corrected chi connectivity index (χ3v) is 4.85. The molecule has 1 saturated heterocycles. The van der Waals surface area contributed by atoms with Crippen molar-refractivity contribution in [2.24, 2.45) is 12.0 Å². The van der Waals surface area contributed by atoms with E-state index in [0.717, 1.165) is 56.6 Å². The number of ether oxygens (including phenoxy) is 1. The molecule has 0 aromatic carbocycles.